The van der Waals surface area contributed by atoms with E-state index in [1.165, 1.54) is 0 Å². The SMILES string of the molecule is Cc1ccc(C(=O)NCCCCC(=O)O)cc1Cl. The van der Waals surface area contributed by atoms with E-state index in [9.17, 15) is 9.59 Å². The van der Waals surface area contributed by atoms with E-state index in [2.05, 4.69) is 5.32 Å². The van der Waals surface area contributed by atoms with Gasteiger partial charge in [-0.1, -0.05) is 17.7 Å². The Kier molecular flexibility index (Phi) is 5.65. The molecule has 1 aromatic carbocycles. The Morgan fingerprint density at radius 2 is 2.06 bits per heavy atom. The third-order valence-corrected chi connectivity index (χ3v) is 2.94. The quantitative estimate of drug-likeness (QED) is 0.780. The second-order valence-electron chi connectivity index (χ2n) is 4.07. The first-order valence-corrected chi connectivity index (χ1v) is 6.14. The molecule has 18 heavy (non-hydrogen) atoms. The number of hydrogen-bond donors (Lipinski definition) is 2. The van der Waals surface area contributed by atoms with E-state index in [0.29, 0.717) is 30.0 Å². The Morgan fingerprint density at radius 3 is 2.67 bits per heavy atom. The van der Waals surface area contributed by atoms with E-state index < -0.39 is 5.97 Å². The Balaban J connectivity index is 2.36. The number of carboxylic acids is 1. The van der Waals surface area contributed by atoms with Crippen LogP contribution in [0.5, 0.6) is 0 Å². The number of carbonyl (C=O) groups excluding carboxylic acids is 1. The third kappa shape index (κ3) is 4.75. The number of rotatable bonds is 6. The summed E-state index contributed by atoms with van der Waals surface area (Å²) in [6, 6.07) is 5.14. The summed E-state index contributed by atoms with van der Waals surface area (Å²) < 4.78 is 0. The number of carbonyl (C=O) groups is 2. The molecule has 0 bridgehead atoms. The van der Waals surface area contributed by atoms with Crippen LogP contribution in [0.2, 0.25) is 5.02 Å². The van der Waals surface area contributed by atoms with Crippen molar-refractivity contribution in [1.29, 1.82) is 0 Å². The summed E-state index contributed by atoms with van der Waals surface area (Å²) in [4.78, 5) is 22.0. The molecule has 0 saturated carbocycles. The highest BCUT2D eigenvalue weighted by Crippen LogP contribution is 2.16. The number of aliphatic carboxylic acids is 1. The zero-order valence-electron chi connectivity index (χ0n) is 10.2. The largest absolute Gasteiger partial charge is 0.481 e. The highest BCUT2D eigenvalue weighted by molar-refractivity contribution is 6.31. The van der Waals surface area contributed by atoms with Crippen LogP contribution in [0, 0.1) is 6.92 Å². The summed E-state index contributed by atoms with van der Waals surface area (Å²) in [6.45, 7) is 2.34. The second-order valence-corrected chi connectivity index (χ2v) is 4.48. The van der Waals surface area contributed by atoms with Crippen LogP contribution >= 0.6 is 11.6 Å². The molecule has 98 valence electrons. The van der Waals surface area contributed by atoms with Gasteiger partial charge < -0.3 is 10.4 Å². The van der Waals surface area contributed by atoms with Gasteiger partial charge in [-0.15, -0.1) is 0 Å². The van der Waals surface area contributed by atoms with Gasteiger partial charge in [-0.3, -0.25) is 9.59 Å². The molecule has 1 rings (SSSR count). The summed E-state index contributed by atoms with van der Waals surface area (Å²) in [5, 5.41) is 11.7. The van der Waals surface area contributed by atoms with Gasteiger partial charge in [0.15, 0.2) is 0 Å². The molecule has 0 atom stereocenters. The van der Waals surface area contributed by atoms with Gasteiger partial charge in [-0.2, -0.15) is 0 Å². The maximum Gasteiger partial charge on any atom is 0.303 e. The van der Waals surface area contributed by atoms with Gasteiger partial charge in [0.2, 0.25) is 0 Å². The lowest BCUT2D eigenvalue weighted by atomic mass is 10.1. The topological polar surface area (TPSA) is 66.4 Å². The minimum absolute atomic E-state index is 0.131. The second kappa shape index (κ2) is 7.01. The fraction of sp³-hybridized carbons (Fsp3) is 0.385. The minimum atomic E-state index is -0.813. The standard InChI is InChI=1S/C13H16ClNO3/c1-9-5-6-10(8-11(9)14)13(18)15-7-3-2-4-12(16)17/h5-6,8H,2-4,7H2,1H3,(H,15,18)(H,16,17). The van der Waals surface area contributed by atoms with Crippen molar-refractivity contribution in [2.75, 3.05) is 6.54 Å². The lowest BCUT2D eigenvalue weighted by molar-refractivity contribution is -0.137. The van der Waals surface area contributed by atoms with Crippen molar-refractivity contribution in [3.8, 4) is 0 Å². The number of halogens is 1. The number of amides is 1. The number of benzene rings is 1. The molecule has 5 heteroatoms. The van der Waals surface area contributed by atoms with Crippen LogP contribution in [-0.4, -0.2) is 23.5 Å². The van der Waals surface area contributed by atoms with Crippen molar-refractivity contribution in [3.05, 3.63) is 34.3 Å². The molecule has 0 saturated heterocycles. The molecule has 2 N–H and O–H groups in total. The van der Waals surface area contributed by atoms with E-state index in [4.69, 9.17) is 16.7 Å². The van der Waals surface area contributed by atoms with Crippen molar-refractivity contribution >= 4 is 23.5 Å². The smallest absolute Gasteiger partial charge is 0.303 e. The van der Waals surface area contributed by atoms with E-state index >= 15 is 0 Å². The van der Waals surface area contributed by atoms with Crippen molar-refractivity contribution in [1.82, 2.24) is 5.32 Å². The minimum Gasteiger partial charge on any atom is -0.481 e. The summed E-state index contributed by atoms with van der Waals surface area (Å²) >= 11 is 5.93. The molecule has 0 radical (unpaired) electrons. The molecule has 0 unspecified atom stereocenters. The first-order chi connectivity index (χ1) is 8.50. The number of aryl methyl sites for hydroxylation is 1. The first kappa shape index (κ1) is 14.5. The predicted octanol–water partition coefficient (Wildman–Crippen LogP) is 2.63. The van der Waals surface area contributed by atoms with E-state index in [1.54, 1.807) is 18.2 Å². The van der Waals surface area contributed by atoms with Gasteiger partial charge >= 0.3 is 5.97 Å². The van der Waals surface area contributed by atoms with E-state index in [0.717, 1.165) is 5.56 Å². The average molecular weight is 270 g/mol. The molecule has 1 amide bonds. The summed E-state index contributed by atoms with van der Waals surface area (Å²) in [6.07, 6.45) is 1.34. The van der Waals surface area contributed by atoms with Crippen molar-refractivity contribution in [2.24, 2.45) is 0 Å². The maximum absolute atomic E-state index is 11.7. The Bertz CT molecular complexity index is 446. The average Bonchev–Trinajstić information content (AvgIpc) is 2.31. The van der Waals surface area contributed by atoms with Gasteiger partial charge in [0, 0.05) is 23.6 Å². The number of hydrogen-bond acceptors (Lipinski definition) is 2. The zero-order valence-corrected chi connectivity index (χ0v) is 11.0. The Hall–Kier alpha value is -1.55. The van der Waals surface area contributed by atoms with E-state index in [1.807, 2.05) is 6.92 Å². The van der Waals surface area contributed by atoms with E-state index in [-0.39, 0.29) is 12.3 Å². The van der Waals surface area contributed by atoms with Crippen molar-refractivity contribution in [2.45, 2.75) is 26.2 Å². The summed E-state index contributed by atoms with van der Waals surface area (Å²) in [5.74, 6) is -1.00. The normalized spacial score (nSPS) is 10.1. The van der Waals surface area contributed by atoms with Gasteiger partial charge in [0.25, 0.3) is 5.91 Å². The molecule has 0 aliphatic heterocycles. The third-order valence-electron chi connectivity index (χ3n) is 2.54. The lowest BCUT2D eigenvalue weighted by Gasteiger charge is -2.06. The fourth-order valence-electron chi connectivity index (χ4n) is 1.44. The van der Waals surface area contributed by atoms with Crippen LogP contribution < -0.4 is 5.32 Å². The van der Waals surface area contributed by atoms with Crippen molar-refractivity contribution in [3.63, 3.8) is 0 Å². The molecule has 4 nitrogen and oxygen atoms in total. The van der Waals surface area contributed by atoms with Crippen LogP contribution in [0.4, 0.5) is 0 Å². The number of unbranched alkanes of at least 4 members (excludes halogenated alkanes) is 1. The highest BCUT2D eigenvalue weighted by atomic mass is 35.5. The molecule has 0 heterocycles. The Morgan fingerprint density at radius 1 is 1.33 bits per heavy atom. The van der Waals surface area contributed by atoms with Gasteiger partial charge in [-0.05, 0) is 37.5 Å². The Labute approximate surface area is 111 Å². The molecular weight excluding hydrogens is 254 g/mol. The molecule has 0 aromatic heterocycles. The van der Waals surface area contributed by atoms with Crippen LogP contribution in [0.3, 0.4) is 0 Å². The molecule has 0 aliphatic rings. The highest BCUT2D eigenvalue weighted by Gasteiger charge is 2.06. The lowest BCUT2D eigenvalue weighted by Crippen LogP contribution is -2.24. The number of nitrogens with one attached hydrogen (secondary N) is 1. The first-order valence-electron chi connectivity index (χ1n) is 5.77. The zero-order chi connectivity index (χ0) is 13.5. The van der Waals surface area contributed by atoms with Crippen LogP contribution in [-0.2, 0) is 4.79 Å². The molecular formula is C13H16ClNO3. The van der Waals surface area contributed by atoms with Gasteiger partial charge in [-0.25, -0.2) is 0 Å². The van der Waals surface area contributed by atoms with Crippen LogP contribution in [0.1, 0.15) is 35.2 Å². The molecule has 0 aliphatic carbocycles. The predicted molar refractivity (Wildman–Crippen MR) is 70.0 cm³/mol. The van der Waals surface area contributed by atoms with Crippen molar-refractivity contribution < 1.29 is 14.7 Å². The fourth-order valence-corrected chi connectivity index (χ4v) is 1.62. The van der Waals surface area contributed by atoms with Crippen LogP contribution in [0.25, 0.3) is 0 Å². The molecule has 0 spiro atoms. The summed E-state index contributed by atoms with van der Waals surface area (Å²) in [7, 11) is 0. The van der Waals surface area contributed by atoms with Gasteiger partial charge in [0.1, 0.15) is 0 Å². The monoisotopic (exact) mass is 269 g/mol. The number of carboxylic acid groups (broad SMARTS) is 1. The van der Waals surface area contributed by atoms with Crippen LogP contribution in [0.15, 0.2) is 18.2 Å². The molecule has 0 fully saturated rings. The summed E-state index contributed by atoms with van der Waals surface area (Å²) in [5.41, 5.74) is 1.44. The van der Waals surface area contributed by atoms with Gasteiger partial charge in [0.05, 0.1) is 0 Å². The molecule has 1 aromatic rings. The maximum atomic E-state index is 11.7.